The quantitative estimate of drug-likeness (QED) is 0.781. The fraction of sp³-hybridized carbons (Fsp3) is 0.579. The van der Waals surface area contributed by atoms with Gasteiger partial charge in [-0.25, -0.2) is 22.2 Å². The minimum Gasteiger partial charge on any atom is -0.390 e. The Morgan fingerprint density at radius 1 is 1.31 bits per heavy atom. The molecule has 1 aliphatic heterocycles. The van der Waals surface area contributed by atoms with E-state index in [-0.39, 0.29) is 42.3 Å². The van der Waals surface area contributed by atoms with Crippen molar-refractivity contribution in [3.05, 3.63) is 47.0 Å². The van der Waals surface area contributed by atoms with E-state index >= 15 is 4.39 Å². The Balaban J connectivity index is 1.71. The van der Waals surface area contributed by atoms with Crippen molar-refractivity contribution in [2.24, 2.45) is 0 Å². The topological polar surface area (TPSA) is 99.2 Å². The molecule has 0 radical (unpaired) electrons. The molecule has 7 nitrogen and oxygen atoms in total. The molecule has 0 spiro atoms. The highest BCUT2D eigenvalue weighted by Gasteiger charge is 2.56. The average Bonchev–Trinajstić information content (AvgIpc) is 3.13. The molecule has 1 aromatic carbocycles. The molecule has 1 saturated heterocycles. The van der Waals surface area contributed by atoms with Crippen LogP contribution in [0.25, 0.3) is 0 Å². The van der Waals surface area contributed by atoms with Gasteiger partial charge in [-0.1, -0.05) is 0 Å². The van der Waals surface area contributed by atoms with Gasteiger partial charge >= 0.3 is 0 Å². The van der Waals surface area contributed by atoms with Gasteiger partial charge in [0.25, 0.3) is 0 Å². The highest BCUT2D eigenvalue weighted by molar-refractivity contribution is 7.89. The second kappa shape index (κ2) is 6.82. The van der Waals surface area contributed by atoms with Crippen molar-refractivity contribution in [2.45, 2.75) is 63.1 Å². The predicted octanol–water partition coefficient (Wildman–Crippen LogP) is 2.23. The van der Waals surface area contributed by atoms with Crippen LogP contribution in [0.5, 0.6) is 0 Å². The molecule has 1 aliphatic carbocycles. The molecular formula is C19H24F2N4O3S. The van der Waals surface area contributed by atoms with E-state index in [2.05, 4.69) is 15.2 Å². The summed E-state index contributed by atoms with van der Waals surface area (Å²) in [6.45, 7) is 3.20. The molecule has 0 amide bonds. The van der Waals surface area contributed by atoms with Gasteiger partial charge in [-0.05, 0) is 51.7 Å². The maximum Gasteiger partial charge on any atom is 0.214 e. The Hall–Kier alpha value is -1.91. The summed E-state index contributed by atoms with van der Waals surface area (Å²) in [6.07, 6.45) is 2.88. The molecule has 2 N–H and O–H groups in total. The van der Waals surface area contributed by atoms with E-state index < -0.39 is 32.7 Å². The number of benzene rings is 1. The number of aromatic nitrogens is 3. The lowest BCUT2D eigenvalue weighted by Crippen LogP contribution is -2.54. The number of aromatic amines is 1. The highest BCUT2D eigenvalue weighted by Crippen LogP contribution is 2.54. The lowest BCUT2D eigenvalue weighted by Gasteiger charge is -2.50. The summed E-state index contributed by atoms with van der Waals surface area (Å²) < 4.78 is 56.1. The van der Waals surface area contributed by atoms with Gasteiger partial charge in [0, 0.05) is 23.7 Å². The zero-order valence-electron chi connectivity index (χ0n) is 16.3. The molecule has 10 heteroatoms. The summed E-state index contributed by atoms with van der Waals surface area (Å²) in [7, 11) is -3.50. The van der Waals surface area contributed by atoms with Crippen molar-refractivity contribution in [3.8, 4) is 0 Å². The van der Waals surface area contributed by atoms with Crippen molar-refractivity contribution < 1.29 is 22.3 Å². The van der Waals surface area contributed by atoms with E-state index in [9.17, 15) is 17.9 Å². The van der Waals surface area contributed by atoms with E-state index in [1.54, 1.807) is 13.8 Å². The number of nitrogens with one attached hydrogen (secondary N) is 1. The lowest BCUT2D eigenvalue weighted by atomic mass is 9.56. The van der Waals surface area contributed by atoms with E-state index in [0.717, 1.165) is 12.1 Å². The third-order valence-electron chi connectivity index (χ3n) is 6.08. The number of sulfonamides is 1. The largest absolute Gasteiger partial charge is 0.390 e. The molecule has 0 bridgehead atoms. The Labute approximate surface area is 168 Å². The van der Waals surface area contributed by atoms with Crippen molar-refractivity contribution in [3.63, 3.8) is 0 Å². The molecule has 0 unspecified atom stereocenters. The molecular weight excluding hydrogens is 402 g/mol. The van der Waals surface area contributed by atoms with Gasteiger partial charge in [-0.2, -0.15) is 9.40 Å². The van der Waals surface area contributed by atoms with Gasteiger partial charge in [0.05, 0.1) is 16.8 Å². The van der Waals surface area contributed by atoms with Gasteiger partial charge in [0.2, 0.25) is 10.0 Å². The maximum atomic E-state index is 15.2. The standard InChI is InChI=1S/C19H24F2N4O3S/c1-12-4-3-5-29(27,28)25(12)8-13-6-16(21)14(7-15(13)20)19(9-18(2,26)10-19)17-22-11-23-24-17/h6-7,11-12,26H,3-5,8-10H2,1-2H3,(H,22,23,24)/t12-,18?,19?/m0/s1. The number of aliphatic hydroxyl groups is 1. The summed E-state index contributed by atoms with van der Waals surface area (Å²) >= 11 is 0. The van der Waals surface area contributed by atoms with Crippen molar-refractivity contribution in [1.82, 2.24) is 19.5 Å². The summed E-state index contributed by atoms with van der Waals surface area (Å²) in [6, 6.07) is 1.90. The van der Waals surface area contributed by atoms with E-state index in [1.165, 1.54) is 10.6 Å². The third-order valence-corrected chi connectivity index (χ3v) is 8.09. The van der Waals surface area contributed by atoms with E-state index in [1.807, 2.05) is 0 Å². The monoisotopic (exact) mass is 426 g/mol. The van der Waals surface area contributed by atoms with Crippen LogP contribution in [-0.4, -0.2) is 50.4 Å². The van der Waals surface area contributed by atoms with Gasteiger partial charge in [-0.3, -0.25) is 5.10 Å². The van der Waals surface area contributed by atoms with Crippen molar-refractivity contribution in [2.75, 3.05) is 5.75 Å². The normalized spacial score (nSPS) is 32.1. The molecule has 2 aliphatic rings. The Morgan fingerprint density at radius 3 is 2.62 bits per heavy atom. The van der Waals surface area contributed by atoms with Crippen molar-refractivity contribution in [1.29, 1.82) is 0 Å². The zero-order chi connectivity index (χ0) is 21.0. The number of rotatable bonds is 4. The van der Waals surface area contributed by atoms with Crippen LogP contribution in [0, 0.1) is 11.6 Å². The third kappa shape index (κ3) is 3.47. The summed E-state index contributed by atoms with van der Waals surface area (Å²) in [5, 5.41) is 16.8. The number of nitrogens with zero attached hydrogens (tertiary/aromatic N) is 3. The van der Waals surface area contributed by atoms with Crippen LogP contribution < -0.4 is 0 Å². The average molecular weight is 426 g/mol. The Bertz CT molecular complexity index is 1020. The predicted molar refractivity (Wildman–Crippen MR) is 101 cm³/mol. The highest BCUT2D eigenvalue weighted by atomic mass is 32.2. The summed E-state index contributed by atoms with van der Waals surface area (Å²) in [5.74, 6) is -0.957. The Morgan fingerprint density at radius 2 is 2.03 bits per heavy atom. The molecule has 2 aromatic rings. The minimum atomic E-state index is -3.50. The van der Waals surface area contributed by atoms with Crippen LogP contribution in [-0.2, 0) is 22.0 Å². The summed E-state index contributed by atoms with van der Waals surface area (Å²) in [5.41, 5.74) is -1.96. The molecule has 2 heterocycles. The second-order valence-electron chi connectivity index (χ2n) is 8.54. The molecule has 2 fully saturated rings. The van der Waals surface area contributed by atoms with Gasteiger partial charge in [0.1, 0.15) is 23.8 Å². The second-order valence-corrected chi connectivity index (χ2v) is 10.6. The molecule has 1 atom stereocenters. The Kier molecular flexibility index (Phi) is 4.79. The van der Waals surface area contributed by atoms with Gasteiger partial charge < -0.3 is 5.11 Å². The van der Waals surface area contributed by atoms with Crippen LogP contribution >= 0.6 is 0 Å². The van der Waals surface area contributed by atoms with Gasteiger partial charge in [0.15, 0.2) is 0 Å². The number of H-pyrrole nitrogens is 1. The fourth-order valence-corrected chi connectivity index (χ4v) is 6.52. The van der Waals surface area contributed by atoms with Crippen LogP contribution in [0.1, 0.15) is 56.5 Å². The summed E-state index contributed by atoms with van der Waals surface area (Å²) in [4.78, 5) is 4.11. The maximum absolute atomic E-state index is 15.2. The minimum absolute atomic E-state index is 0.0117. The van der Waals surface area contributed by atoms with Crippen LogP contribution in [0.3, 0.4) is 0 Å². The first kappa shape index (κ1) is 20.4. The smallest absolute Gasteiger partial charge is 0.214 e. The van der Waals surface area contributed by atoms with Gasteiger partial charge in [-0.15, -0.1) is 0 Å². The van der Waals surface area contributed by atoms with E-state index in [0.29, 0.717) is 18.7 Å². The van der Waals surface area contributed by atoms with Crippen LogP contribution in [0.2, 0.25) is 0 Å². The molecule has 158 valence electrons. The van der Waals surface area contributed by atoms with Crippen molar-refractivity contribution >= 4 is 10.0 Å². The number of hydrogen-bond donors (Lipinski definition) is 2. The number of halogens is 2. The first-order valence-corrected chi connectivity index (χ1v) is 11.2. The zero-order valence-corrected chi connectivity index (χ0v) is 17.1. The molecule has 1 aromatic heterocycles. The van der Waals surface area contributed by atoms with Crippen LogP contribution in [0.15, 0.2) is 18.5 Å². The van der Waals surface area contributed by atoms with Crippen LogP contribution in [0.4, 0.5) is 8.78 Å². The molecule has 29 heavy (non-hydrogen) atoms. The van der Waals surface area contributed by atoms with E-state index in [4.69, 9.17) is 0 Å². The first-order chi connectivity index (χ1) is 13.5. The first-order valence-electron chi connectivity index (χ1n) is 9.60. The molecule has 1 saturated carbocycles. The molecule has 4 rings (SSSR count). The fourth-order valence-electron chi connectivity index (χ4n) is 4.76. The SMILES string of the molecule is C[C@H]1CCCS(=O)(=O)N1Cc1cc(F)c(C2(c3ncn[nH]3)CC(C)(O)C2)cc1F. The number of hydrogen-bond acceptors (Lipinski definition) is 5. The lowest BCUT2D eigenvalue weighted by molar-refractivity contribution is -0.0648.